The highest BCUT2D eigenvalue weighted by Crippen LogP contribution is 2.38. The maximum atomic E-state index is 15.2. The van der Waals surface area contributed by atoms with Crippen LogP contribution in [-0.2, 0) is 10.6 Å². The van der Waals surface area contributed by atoms with Gasteiger partial charge < -0.3 is 4.18 Å². The van der Waals surface area contributed by atoms with Crippen LogP contribution in [0.4, 0.5) is 4.39 Å². The zero-order valence-electron chi connectivity index (χ0n) is 23.4. The van der Waals surface area contributed by atoms with Gasteiger partial charge in [-0.15, -0.1) is 0 Å². The minimum Gasteiger partial charge on any atom is -0.304 e. The molecule has 4 heteroatoms. The Kier molecular flexibility index (Phi) is 11.3. The van der Waals surface area contributed by atoms with Crippen molar-refractivity contribution in [1.82, 2.24) is 4.31 Å². The van der Waals surface area contributed by atoms with Crippen molar-refractivity contribution in [3.8, 4) is 22.3 Å². The fraction of sp³-hybridized carbons (Fsp3) is 0.471. The largest absolute Gasteiger partial charge is 0.304 e. The van der Waals surface area contributed by atoms with Crippen molar-refractivity contribution in [3.05, 3.63) is 83.7 Å². The van der Waals surface area contributed by atoms with Crippen LogP contribution in [0.2, 0.25) is 0 Å². The lowest BCUT2D eigenvalue weighted by Gasteiger charge is -2.29. The Morgan fingerprint density at radius 3 is 2.18 bits per heavy atom. The predicted octanol–water partition coefficient (Wildman–Crippen LogP) is 10.1. The molecule has 2 nitrogen and oxygen atoms in total. The van der Waals surface area contributed by atoms with E-state index < -0.39 is 0 Å². The first kappa shape index (κ1) is 28.9. The summed E-state index contributed by atoms with van der Waals surface area (Å²) in [5, 5.41) is 0. The van der Waals surface area contributed by atoms with E-state index in [9.17, 15) is 0 Å². The molecule has 0 bridgehead atoms. The lowest BCUT2D eigenvalue weighted by molar-refractivity contribution is 0.303. The fourth-order valence-corrected chi connectivity index (χ4v) is 6.32. The first-order chi connectivity index (χ1) is 18.6. The van der Waals surface area contributed by atoms with E-state index in [0.717, 1.165) is 42.0 Å². The van der Waals surface area contributed by atoms with Crippen LogP contribution in [0.5, 0.6) is 0 Å². The molecule has 38 heavy (non-hydrogen) atoms. The van der Waals surface area contributed by atoms with E-state index in [4.69, 9.17) is 4.18 Å². The number of unbranched alkanes of at least 4 members (excludes halogenated alkanes) is 2. The van der Waals surface area contributed by atoms with E-state index in [0.29, 0.717) is 11.5 Å². The zero-order chi connectivity index (χ0) is 26.7. The first-order valence-electron chi connectivity index (χ1n) is 14.5. The number of aryl methyl sites for hydroxylation is 1. The molecule has 0 N–H and O–H groups in total. The first-order valence-corrected chi connectivity index (χ1v) is 15.2. The zero-order valence-corrected chi connectivity index (χ0v) is 24.2. The molecular formula is C34H44FNOS. The van der Waals surface area contributed by atoms with Gasteiger partial charge in [-0.25, -0.2) is 8.70 Å². The van der Waals surface area contributed by atoms with Crippen molar-refractivity contribution in [3.63, 3.8) is 0 Å². The number of hydrogen-bond donors (Lipinski definition) is 0. The molecule has 0 spiro atoms. The van der Waals surface area contributed by atoms with Crippen molar-refractivity contribution < 1.29 is 8.57 Å². The van der Waals surface area contributed by atoms with E-state index in [1.165, 1.54) is 74.7 Å². The molecule has 3 aromatic carbocycles. The van der Waals surface area contributed by atoms with Crippen LogP contribution in [0.25, 0.3) is 22.3 Å². The van der Waals surface area contributed by atoms with Gasteiger partial charge in [0.15, 0.2) is 0 Å². The van der Waals surface area contributed by atoms with Crippen LogP contribution in [0, 0.1) is 11.7 Å². The predicted molar refractivity (Wildman–Crippen MR) is 162 cm³/mol. The maximum absolute atomic E-state index is 15.2. The van der Waals surface area contributed by atoms with Crippen LogP contribution in [0.15, 0.2) is 66.7 Å². The molecule has 1 aliphatic carbocycles. The highest BCUT2D eigenvalue weighted by molar-refractivity contribution is 7.92. The van der Waals surface area contributed by atoms with Gasteiger partial charge in [-0.05, 0) is 91.3 Å². The van der Waals surface area contributed by atoms with E-state index >= 15 is 4.39 Å². The Morgan fingerprint density at radius 2 is 1.53 bits per heavy atom. The van der Waals surface area contributed by atoms with E-state index in [1.807, 2.05) is 19.2 Å². The molecule has 0 unspecified atom stereocenters. The second-order valence-corrected chi connectivity index (χ2v) is 12.0. The molecule has 0 aromatic heterocycles. The van der Waals surface area contributed by atoms with Crippen LogP contribution in [0.3, 0.4) is 0 Å². The minimum atomic E-state index is -0.161. The molecular weight excluding hydrogens is 489 g/mol. The molecule has 1 fully saturated rings. The summed E-state index contributed by atoms with van der Waals surface area (Å²) in [6.45, 7) is 3.25. The average molecular weight is 534 g/mol. The summed E-state index contributed by atoms with van der Waals surface area (Å²) in [5.41, 5.74) is 6.31. The smallest absolute Gasteiger partial charge is 0.131 e. The summed E-state index contributed by atoms with van der Waals surface area (Å²) in [4.78, 5) is 0. The Morgan fingerprint density at radius 1 is 0.842 bits per heavy atom. The van der Waals surface area contributed by atoms with Crippen molar-refractivity contribution >= 4 is 12.2 Å². The molecule has 1 saturated carbocycles. The van der Waals surface area contributed by atoms with Crippen LogP contribution < -0.4 is 0 Å². The molecule has 204 valence electrons. The third kappa shape index (κ3) is 8.18. The van der Waals surface area contributed by atoms with Crippen molar-refractivity contribution in [1.29, 1.82) is 0 Å². The van der Waals surface area contributed by atoms with Gasteiger partial charge in [0.25, 0.3) is 0 Å². The third-order valence-electron chi connectivity index (χ3n) is 8.15. The van der Waals surface area contributed by atoms with Crippen molar-refractivity contribution in [2.45, 2.75) is 77.0 Å². The monoisotopic (exact) mass is 533 g/mol. The Bertz CT molecular complexity index is 1110. The second kappa shape index (κ2) is 14.9. The van der Waals surface area contributed by atoms with Crippen LogP contribution in [-0.4, -0.2) is 25.0 Å². The maximum Gasteiger partial charge on any atom is 0.131 e. The van der Waals surface area contributed by atoms with Gasteiger partial charge in [-0.3, -0.25) is 0 Å². The molecule has 3 aromatic rings. The Labute approximate surface area is 234 Å². The molecule has 0 atom stereocenters. The molecule has 0 radical (unpaired) electrons. The number of benzene rings is 3. The lowest BCUT2D eigenvalue weighted by atomic mass is 9.77. The average Bonchev–Trinajstić information content (AvgIpc) is 2.94. The lowest BCUT2D eigenvalue weighted by Crippen LogP contribution is -2.13. The second-order valence-electron chi connectivity index (χ2n) is 10.9. The van der Waals surface area contributed by atoms with Crippen LogP contribution in [0.1, 0.15) is 81.8 Å². The topological polar surface area (TPSA) is 12.5 Å². The fourth-order valence-electron chi connectivity index (χ4n) is 5.87. The Hall–Kier alpha value is -2.14. The molecule has 0 aliphatic heterocycles. The van der Waals surface area contributed by atoms with Gasteiger partial charge in [0.2, 0.25) is 0 Å². The van der Waals surface area contributed by atoms with E-state index in [1.54, 1.807) is 13.2 Å². The summed E-state index contributed by atoms with van der Waals surface area (Å²) in [6.07, 6.45) is 12.9. The normalized spacial score (nSPS) is 17.7. The Balaban J connectivity index is 1.32. The summed E-state index contributed by atoms with van der Waals surface area (Å²) in [7, 11) is 3.72. The number of nitrogens with zero attached hydrogens (tertiary/aromatic N) is 1. The van der Waals surface area contributed by atoms with Crippen molar-refractivity contribution in [2.75, 3.05) is 20.7 Å². The highest BCUT2D eigenvalue weighted by Gasteiger charge is 2.22. The quantitative estimate of drug-likeness (QED) is 0.123. The van der Waals surface area contributed by atoms with Crippen molar-refractivity contribution in [2.24, 2.45) is 5.92 Å². The highest BCUT2D eigenvalue weighted by atomic mass is 32.2. The third-order valence-corrected chi connectivity index (χ3v) is 8.74. The number of rotatable bonds is 13. The summed E-state index contributed by atoms with van der Waals surface area (Å²) in [5.74, 6) is 1.42. The molecule has 0 saturated heterocycles. The molecule has 0 heterocycles. The molecule has 1 aliphatic rings. The number of hydrogen-bond acceptors (Lipinski definition) is 3. The molecule has 0 amide bonds. The SMILES string of the molecule is CCCCCC1CCC(c2ccc(-c3ccc(-c4ccc(CCCN(C)SOC)cc4)cc3F)cc2)CC1. The van der Waals surface area contributed by atoms with Gasteiger partial charge in [-0.2, -0.15) is 0 Å². The molecule has 4 rings (SSSR count). The minimum absolute atomic E-state index is 0.161. The van der Waals surface area contributed by atoms with Crippen LogP contribution >= 0.6 is 12.2 Å². The van der Waals surface area contributed by atoms with E-state index in [2.05, 4.69) is 59.8 Å². The van der Waals surface area contributed by atoms with Gasteiger partial charge in [-0.1, -0.05) is 93.3 Å². The van der Waals surface area contributed by atoms with Gasteiger partial charge in [0.05, 0.1) is 19.3 Å². The summed E-state index contributed by atoms with van der Waals surface area (Å²) in [6, 6.07) is 22.8. The van der Waals surface area contributed by atoms with Gasteiger partial charge >= 0.3 is 0 Å². The van der Waals surface area contributed by atoms with Gasteiger partial charge in [0.1, 0.15) is 5.82 Å². The number of halogens is 1. The summed E-state index contributed by atoms with van der Waals surface area (Å²) >= 11 is 1.37. The van der Waals surface area contributed by atoms with Gasteiger partial charge in [0, 0.05) is 12.1 Å². The van der Waals surface area contributed by atoms with E-state index in [-0.39, 0.29) is 5.82 Å². The summed E-state index contributed by atoms with van der Waals surface area (Å²) < 4.78 is 22.4. The standard InChI is InChI=1S/C34H44FNOS/c1-4-5-6-8-26-10-14-28(15-11-26)29-18-20-31(21-19-29)33-23-22-32(25-34(33)35)30-16-12-27(13-17-30)9-7-24-36(2)38-37-3/h12-13,16-23,25-26,28H,4-11,14-15,24H2,1-3H3.